The summed E-state index contributed by atoms with van der Waals surface area (Å²) in [6.07, 6.45) is 7.34. The van der Waals surface area contributed by atoms with E-state index in [4.69, 9.17) is 5.73 Å². The number of nitrogens with one attached hydrogen (secondary N) is 1. The number of sulfonamides is 1. The lowest BCUT2D eigenvalue weighted by atomic mass is 9.81. The van der Waals surface area contributed by atoms with Crippen molar-refractivity contribution in [1.29, 1.82) is 0 Å². The summed E-state index contributed by atoms with van der Waals surface area (Å²) in [4.78, 5) is 0.0894. The van der Waals surface area contributed by atoms with Crippen LogP contribution in [0.3, 0.4) is 0 Å². The van der Waals surface area contributed by atoms with Gasteiger partial charge in [-0.3, -0.25) is 4.68 Å². The third kappa shape index (κ3) is 3.97. The molecule has 1 heterocycles. The second-order valence-electron chi connectivity index (χ2n) is 5.88. The van der Waals surface area contributed by atoms with Crippen LogP contribution in [0.1, 0.15) is 46.0 Å². The maximum atomic E-state index is 12.3. The SMILES string of the molecule is CCC1CCC(CNS(=O)(=O)c2cn(CC)nc2N)CC1. The Balaban J connectivity index is 1.94. The zero-order chi connectivity index (χ0) is 15.5. The van der Waals surface area contributed by atoms with E-state index >= 15 is 0 Å². The molecule has 0 spiro atoms. The number of hydrogen-bond donors (Lipinski definition) is 2. The predicted octanol–water partition coefficient (Wildman–Crippen LogP) is 1.98. The quantitative estimate of drug-likeness (QED) is 0.840. The van der Waals surface area contributed by atoms with Gasteiger partial charge in [0.2, 0.25) is 10.0 Å². The van der Waals surface area contributed by atoms with E-state index in [0.717, 1.165) is 18.8 Å². The molecule has 1 aliphatic carbocycles. The first-order chi connectivity index (χ1) is 9.96. The lowest BCUT2D eigenvalue weighted by molar-refractivity contribution is 0.270. The van der Waals surface area contributed by atoms with Crippen LogP contribution in [0.4, 0.5) is 5.82 Å². The van der Waals surface area contributed by atoms with Crippen molar-refractivity contribution in [2.24, 2.45) is 11.8 Å². The van der Waals surface area contributed by atoms with E-state index in [2.05, 4.69) is 16.7 Å². The summed E-state index contributed by atoms with van der Waals surface area (Å²) in [5.74, 6) is 1.32. The highest BCUT2D eigenvalue weighted by molar-refractivity contribution is 7.89. The molecule has 3 N–H and O–H groups in total. The van der Waals surface area contributed by atoms with Crippen molar-refractivity contribution in [2.75, 3.05) is 12.3 Å². The zero-order valence-electron chi connectivity index (χ0n) is 12.9. The summed E-state index contributed by atoms with van der Waals surface area (Å²) in [7, 11) is -3.56. The minimum Gasteiger partial charge on any atom is -0.381 e. The Labute approximate surface area is 127 Å². The Morgan fingerprint density at radius 3 is 2.43 bits per heavy atom. The monoisotopic (exact) mass is 314 g/mol. The molecule has 0 aromatic carbocycles. The normalized spacial score (nSPS) is 23.3. The number of aromatic nitrogens is 2. The number of anilines is 1. The third-order valence-corrected chi connectivity index (χ3v) is 5.91. The fourth-order valence-corrected chi connectivity index (χ4v) is 4.12. The first-order valence-corrected chi connectivity index (χ1v) is 9.27. The van der Waals surface area contributed by atoms with Crippen LogP contribution in [-0.2, 0) is 16.6 Å². The Morgan fingerprint density at radius 2 is 1.90 bits per heavy atom. The molecule has 120 valence electrons. The average molecular weight is 314 g/mol. The van der Waals surface area contributed by atoms with E-state index in [-0.39, 0.29) is 10.7 Å². The maximum Gasteiger partial charge on any atom is 0.245 e. The van der Waals surface area contributed by atoms with Gasteiger partial charge in [0, 0.05) is 19.3 Å². The Morgan fingerprint density at radius 1 is 1.29 bits per heavy atom. The molecule has 1 aromatic rings. The highest BCUT2D eigenvalue weighted by Crippen LogP contribution is 2.30. The smallest absolute Gasteiger partial charge is 0.245 e. The fourth-order valence-electron chi connectivity index (χ4n) is 2.94. The lowest BCUT2D eigenvalue weighted by Crippen LogP contribution is -2.31. The van der Waals surface area contributed by atoms with Gasteiger partial charge >= 0.3 is 0 Å². The van der Waals surface area contributed by atoms with Crippen molar-refractivity contribution < 1.29 is 8.42 Å². The molecule has 2 rings (SSSR count). The summed E-state index contributed by atoms with van der Waals surface area (Å²) in [6.45, 7) is 5.21. The van der Waals surface area contributed by atoms with E-state index in [9.17, 15) is 8.42 Å². The Bertz CT molecular complexity index is 560. The number of hydrogen-bond acceptors (Lipinski definition) is 4. The van der Waals surface area contributed by atoms with Crippen LogP contribution in [0.2, 0.25) is 0 Å². The summed E-state index contributed by atoms with van der Waals surface area (Å²) >= 11 is 0. The predicted molar refractivity (Wildman–Crippen MR) is 83.2 cm³/mol. The molecule has 0 unspecified atom stereocenters. The standard InChI is InChI=1S/C14H26N4O2S/c1-3-11-5-7-12(8-6-11)9-16-21(19,20)13-10-18(4-2)17-14(13)15/h10-12,16H,3-9H2,1-2H3,(H2,15,17). The number of nitrogens with zero attached hydrogens (tertiary/aromatic N) is 2. The summed E-state index contributed by atoms with van der Waals surface area (Å²) < 4.78 is 28.8. The van der Waals surface area contributed by atoms with Gasteiger partial charge in [0.15, 0.2) is 5.82 Å². The van der Waals surface area contributed by atoms with Crippen molar-refractivity contribution in [3.05, 3.63) is 6.20 Å². The minimum absolute atomic E-state index is 0.0686. The molecular weight excluding hydrogens is 288 g/mol. The lowest BCUT2D eigenvalue weighted by Gasteiger charge is -2.27. The minimum atomic E-state index is -3.56. The van der Waals surface area contributed by atoms with Gasteiger partial charge in [-0.15, -0.1) is 0 Å². The van der Waals surface area contributed by atoms with Gasteiger partial charge in [-0.25, -0.2) is 13.1 Å². The first kappa shape index (κ1) is 16.3. The summed E-state index contributed by atoms with van der Waals surface area (Å²) in [6, 6.07) is 0. The van der Waals surface area contributed by atoms with Gasteiger partial charge in [-0.2, -0.15) is 5.10 Å². The zero-order valence-corrected chi connectivity index (χ0v) is 13.7. The first-order valence-electron chi connectivity index (χ1n) is 7.78. The van der Waals surface area contributed by atoms with Gasteiger partial charge in [0.05, 0.1) is 0 Å². The molecule has 0 aliphatic heterocycles. The van der Waals surface area contributed by atoms with E-state index in [0.29, 0.717) is 19.0 Å². The van der Waals surface area contributed by atoms with Crippen molar-refractivity contribution in [1.82, 2.24) is 14.5 Å². The number of nitrogens with two attached hydrogens (primary N) is 1. The molecule has 7 heteroatoms. The average Bonchev–Trinajstić information content (AvgIpc) is 2.88. The molecular formula is C14H26N4O2S. The van der Waals surface area contributed by atoms with Crippen LogP contribution in [0, 0.1) is 11.8 Å². The van der Waals surface area contributed by atoms with Crippen LogP contribution in [0.5, 0.6) is 0 Å². The molecule has 1 aliphatic rings. The van der Waals surface area contributed by atoms with E-state index < -0.39 is 10.0 Å². The van der Waals surface area contributed by atoms with Crippen molar-refractivity contribution in [2.45, 2.75) is 57.4 Å². The highest BCUT2D eigenvalue weighted by Gasteiger charge is 2.24. The second kappa shape index (κ2) is 6.79. The van der Waals surface area contributed by atoms with Crippen LogP contribution < -0.4 is 10.5 Å². The van der Waals surface area contributed by atoms with Gasteiger partial charge in [0.1, 0.15) is 4.90 Å². The van der Waals surface area contributed by atoms with Crippen LogP contribution in [0.25, 0.3) is 0 Å². The topological polar surface area (TPSA) is 90.0 Å². The molecule has 1 saturated carbocycles. The van der Waals surface area contributed by atoms with Crippen molar-refractivity contribution in [3.63, 3.8) is 0 Å². The second-order valence-corrected chi connectivity index (χ2v) is 7.62. The van der Waals surface area contributed by atoms with Crippen molar-refractivity contribution in [3.8, 4) is 0 Å². The number of aryl methyl sites for hydroxylation is 1. The van der Waals surface area contributed by atoms with Gasteiger partial charge < -0.3 is 5.73 Å². The van der Waals surface area contributed by atoms with E-state index in [1.165, 1.54) is 30.1 Å². The van der Waals surface area contributed by atoms with Gasteiger partial charge in [0.25, 0.3) is 0 Å². The van der Waals surface area contributed by atoms with E-state index in [1.807, 2.05) is 6.92 Å². The fraction of sp³-hybridized carbons (Fsp3) is 0.786. The molecule has 21 heavy (non-hydrogen) atoms. The molecule has 1 fully saturated rings. The van der Waals surface area contributed by atoms with Crippen molar-refractivity contribution >= 4 is 15.8 Å². The largest absolute Gasteiger partial charge is 0.381 e. The number of rotatable bonds is 6. The van der Waals surface area contributed by atoms with E-state index in [1.54, 1.807) is 0 Å². The molecule has 0 saturated heterocycles. The Hall–Kier alpha value is -1.08. The number of nitrogen functional groups attached to an aromatic ring is 1. The molecule has 0 bridgehead atoms. The highest BCUT2D eigenvalue weighted by atomic mass is 32.2. The maximum absolute atomic E-state index is 12.3. The third-order valence-electron chi connectivity index (χ3n) is 4.47. The molecule has 0 radical (unpaired) electrons. The van der Waals surface area contributed by atoms with Crippen LogP contribution in [-0.4, -0.2) is 24.7 Å². The van der Waals surface area contributed by atoms with Gasteiger partial charge in [-0.1, -0.05) is 26.2 Å². The molecule has 0 amide bonds. The molecule has 6 nitrogen and oxygen atoms in total. The summed E-state index contributed by atoms with van der Waals surface area (Å²) in [5, 5.41) is 3.99. The van der Waals surface area contributed by atoms with Crippen LogP contribution in [0.15, 0.2) is 11.1 Å². The van der Waals surface area contributed by atoms with Crippen LogP contribution >= 0.6 is 0 Å². The van der Waals surface area contributed by atoms with Gasteiger partial charge in [-0.05, 0) is 31.6 Å². The molecule has 0 atom stereocenters. The Kier molecular flexibility index (Phi) is 5.27. The summed E-state index contributed by atoms with van der Waals surface area (Å²) in [5.41, 5.74) is 5.70. The molecule has 1 aromatic heterocycles.